The molecule has 2 aromatic heterocycles. The highest BCUT2D eigenvalue weighted by Crippen LogP contribution is 2.30. The molecule has 2 heterocycles. The van der Waals surface area contributed by atoms with E-state index in [1.54, 1.807) is 19.5 Å². The van der Waals surface area contributed by atoms with Gasteiger partial charge in [0.05, 0.1) is 11.5 Å². The number of carbonyl (C=O) groups excluding carboxylic acids is 1. The molecule has 0 saturated heterocycles. The summed E-state index contributed by atoms with van der Waals surface area (Å²) < 4.78 is 5.15. The van der Waals surface area contributed by atoms with Gasteiger partial charge in [-0.3, -0.25) is 9.78 Å². The number of hydrogen-bond acceptors (Lipinski definition) is 5. The lowest BCUT2D eigenvalue weighted by atomic mass is 10.1. The van der Waals surface area contributed by atoms with Gasteiger partial charge in [0, 0.05) is 26.0 Å². The van der Waals surface area contributed by atoms with Crippen LogP contribution in [-0.4, -0.2) is 23.0 Å². The summed E-state index contributed by atoms with van der Waals surface area (Å²) in [6.07, 6.45) is 3.44. The van der Waals surface area contributed by atoms with Crippen molar-refractivity contribution in [2.45, 2.75) is 13.2 Å². The van der Waals surface area contributed by atoms with E-state index in [0.29, 0.717) is 18.8 Å². The zero-order valence-corrected chi connectivity index (χ0v) is 14.0. The Kier molecular flexibility index (Phi) is 5.30. The number of nitrogens with one attached hydrogen (secondary N) is 1. The van der Waals surface area contributed by atoms with E-state index in [9.17, 15) is 4.79 Å². The summed E-state index contributed by atoms with van der Waals surface area (Å²) in [5.74, 6) is -0.198. The number of benzene rings is 1. The van der Waals surface area contributed by atoms with Gasteiger partial charge >= 0.3 is 0 Å². The zero-order valence-electron chi connectivity index (χ0n) is 13.2. The Balaban J connectivity index is 1.84. The van der Waals surface area contributed by atoms with Gasteiger partial charge < -0.3 is 10.1 Å². The molecular weight excluding hydrogens is 322 g/mol. The fourth-order valence-corrected chi connectivity index (χ4v) is 3.30. The summed E-state index contributed by atoms with van der Waals surface area (Å²) in [5, 5.41) is 3.69. The summed E-state index contributed by atoms with van der Waals surface area (Å²) in [4.78, 5) is 22.0. The molecule has 1 N–H and O–H groups in total. The first kappa shape index (κ1) is 16.3. The first-order valence-electron chi connectivity index (χ1n) is 7.49. The molecule has 0 bridgehead atoms. The second-order valence-corrected chi connectivity index (χ2v) is 6.21. The van der Waals surface area contributed by atoms with Gasteiger partial charge in [0.2, 0.25) is 0 Å². The molecule has 0 radical (unpaired) electrons. The monoisotopic (exact) mass is 339 g/mol. The Bertz CT molecular complexity index is 804. The molecule has 5 nitrogen and oxygen atoms in total. The molecule has 122 valence electrons. The average Bonchev–Trinajstić information content (AvgIpc) is 3.06. The normalized spacial score (nSPS) is 10.5. The molecule has 24 heavy (non-hydrogen) atoms. The number of carbonyl (C=O) groups is 1. The van der Waals surface area contributed by atoms with E-state index in [1.165, 1.54) is 11.3 Å². The standard InChI is InChI=1S/C18H17N3O2S/c1-23-12-15-21-16(17(24-15)14-7-3-2-4-8-14)18(22)20-11-13-6-5-9-19-10-13/h2-10H,11-12H2,1H3,(H,20,22). The maximum Gasteiger partial charge on any atom is 0.271 e. The van der Waals surface area contributed by atoms with Crippen LogP contribution in [0.15, 0.2) is 54.9 Å². The minimum absolute atomic E-state index is 0.198. The van der Waals surface area contributed by atoms with Gasteiger partial charge in [0.1, 0.15) is 10.7 Å². The lowest BCUT2D eigenvalue weighted by Crippen LogP contribution is -2.23. The van der Waals surface area contributed by atoms with Crippen LogP contribution < -0.4 is 5.32 Å². The maximum absolute atomic E-state index is 12.6. The van der Waals surface area contributed by atoms with Crippen LogP contribution in [0.2, 0.25) is 0 Å². The highest BCUT2D eigenvalue weighted by molar-refractivity contribution is 7.15. The van der Waals surface area contributed by atoms with Crippen molar-refractivity contribution in [1.82, 2.24) is 15.3 Å². The van der Waals surface area contributed by atoms with E-state index in [0.717, 1.165) is 21.0 Å². The molecule has 0 aliphatic carbocycles. The van der Waals surface area contributed by atoms with Gasteiger partial charge in [0.25, 0.3) is 5.91 Å². The largest absolute Gasteiger partial charge is 0.378 e. The van der Waals surface area contributed by atoms with Gasteiger partial charge in [0.15, 0.2) is 0 Å². The van der Waals surface area contributed by atoms with Crippen LogP contribution in [-0.2, 0) is 17.9 Å². The molecule has 0 unspecified atom stereocenters. The first-order valence-corrected chi connectivity index (χ1v) is 8.30. The predicted molar refractivity (Wildman–Crippen MR) is 93.7 cm³/mol. The van der Waals surface area contributed by atoms with Gasteiger partial charge in [-0.2, -0.15) is 0 Å². The predicted octanol–water partition coefficient (Wildman–Crippen LogP) is 3.28. The van der Waals surface area contributed by atoms with E-state index in [4.69, 9.17) is 4.74 Å². The molecule has 3 aromatic rings. The molecule has 0 spiro atoms. The van der Waals surface area contributed by atoms with E-state index < -0.39 is 0 Å². The second kappa shape index (κ2) is 7.81. The number of amides is 1. The van der Waals surface area contributed by atoms with E-state index in [1.807, 2.05) is 42.5 Å². The summed E-state index contributed by atoms with van der Waals surface area (Å²) in [6, 6.07) is 13.6. The van der Waals surface area contributed by atoms with Crippen molar-refractivity contribution in [3.63, 3.8) is 0 Å². The Morgan fingerprint density at radius 1 is 1.21 bits per heavy atom. The molecule has 3 rings (SSSR count). The summed E-state index contributed by atoms with van der Waals surface area (Å²) in [5.41, 5.74) is 2.35. The van der Waals surface area contributed by atoms with Crippen molar-refractivity contribution in [2.75, 3.05) is 7.11 Å². The molecule has 0 saturated carbocycles. The van der Waals surface area contributed by atoms with Crippen LogP contribution in [0.4, 0.5) is 0 Å². The zero-order chi connectivity index (χ0) is 16.8. The Labute approximate surface area is 144 Å². The van der Waals surface area contributed by atoms with Crippen molar-refractivity contribution in [1.29, 1.82) is 0 Å². The lowest BCUT2D eigenvalue weighted by molar-refractivity contribution is 0.0946. The van der Waals surface area contributed by atoms with Crippen LogP contribution in [0.3, 0.4) is 0 Å². The van der Waals surface area contributed by atoms with Crippen molar-refractivity contribution in [3.8, 4) is 10.4 Å². The highest BCUT2D eigenvalue weighted by atomic mass is 32.1. The lowest BCUT2D eigenvalue weighted by Gasteiger charge is -2.05. The van der Waals surface area contributed by atoms with Crippen LogP contribution in [0.5, 0.6) is 0 Å². The topological polar surface area (TPSA) is 64.1 Å². The Morgan fingerprint density at radius 3 is 2.75 bits per heavy atom. The van der Waals surface area contributed by atoms with Crippen LogP contribution >= 0.6 is 11.3 Å². The first-order chi connectivity index (χ1) is 11.8. The van der Waals surface area contributed by atoms with Gasteiger partial charge in [-0.1, -0.05) is 36.4 Å². The van der Waals surface area contributed by atoms with E-state index >= 15 is 0 Å². The molecule has 0 fully saturated rings. The average molecular weight is 339 g/mol. The molecule has 0 aliphatic rings. The molecular formula is C18H17N3O2S. The second-order valence-electron chi connectivity index (χ2n) is 5.13. The maximum atomic E-state index is 12.6. The smallest absolute Gasteiger partial charge is 0.271 e. The Morgan fingerprint density at radius 2 is 2.04 bits per heavy atom. The van der Waals surface area contributed by atoms with Crippen LogP contribution in [0.1, 0.15) is 21.1 Å². The summed E-state index contributed by atoms with van der Waals surface area (Å²) in [6.45, 7) is 0.804. The number of pyridine rings is 1. The van der Waals surface area contributed by atoms with E-state index in [2.05, 4.69) is 15.3 Å². The number of thiazole rings is 1. The van der Waals surface area contributed by atoms with Gasteiger partial charge in [-0.05, 0) is 17.2 Å². The molecule has 0 atom stereocenters. The van der Waals surface area contributed by atoms with Crippen molar-refractivity contribution in [2.24, 2.45) is 0 Å². The number of methoxy groups -OCH3 is 1. The minimum Gasteiger partial charge on any atom is -0.378 e. The third-order valence-corrected chi connectivity index (χ3v) is 4.44. The van der Waals surface area contributed by atoms with E-state index in [-0.39, 0.29) is 5.91 Å². The third-order valence-electron chi connectivity index (χ3n) is 3.37. The number of aromatic nitrogens is 2. The third kappa shape index (κ3) is 3.84. The van der Waals surface area contributed by atoms with Crippen LogP contribution in [0, 0.1) is 0 Å². The number of hydrogen-bond donors (Lipinski definition) is 1. The van der Waals surface area contributed by atoms with Crippen molar-refractivity contribution < 1.29 is 9.53 Å². The molecule has 6 heteroatoms. The fraction of sp³-hybridized carbons (Fsp3) is 0.167. The quantitative estimate of drug-likeness (QED) is 0.748. The van der Waals surface area contributed by atoms with Crippen molar-refractivity contribution >= 4 is 17.2 Å². The van der Waals surface area contributed by atoms with Gasteiger partial charge in [-0.15, -0.1) is 11.3 Å². The fourth-order valence-electron chi connectivity index (χ4n) is 2.26. The highest BCUT2D eigenvalue weighted by Gasteiger charge is 2.19. The Hall–Kier alpha value is -2.57. The molecule has 0 aliphatic heterocycles. The number of ether oxygens (including phenoxy) is 1. The molecule has 1 aromatic carbocycles. The van der Waals surface area contributed by atoms with Crippen molar-refractivity contribution in [3.05, 3.63) is 71.1 Å². The number of nitrogens with zero attached hydrogens (tertiary/aromatic N) is 2. The van der Waals surface area contributed by atoms with Gasteiger partial charge in [-0.25, -0.2) is 4.98 Å². The summed E-state index contributed by atoms with van der Waals surface area (Å²) in [7, 11) is 1.62. The summed E-state index contributed by atoms with van der Waals surface area (Å²) >= 11 is 1.48. The minimum atomic E-state index is -0.198. The van der Waals surface area contributed by atoms with Crippen LogP contribution in [0.25, 0.3) is 10.4 Å². The molecule has 1 amide bonds. The number of rotatable bonds is 6. The SMILES string of the molecule is COCc1nc(C(=O)NCc2cccnc2)c(-c2ccccc2)s1.